The van der Waals surface area contributed by atoms with Gasteiger partial charge in [-0.2, -0.15) is 5.26 Å². The zero-order chi connectivity index (χ0) is 16.5. The second-order valence-corrected chi connectivity index (χ2v) is 6.60. The number of nitrogens with one attached hydrogen (secondary N) is 1. The normalized spacial score (nSPS) is 17.6. The van der Waals surface area contributed by atoms with Crippen LogP contribution in [0.1, 0.15) is 51.5 Å². The second-order valence-electron chi connectivity index (χ2n) is 6.60. The van der Waals surface area contributed by atoms with Crippen molar-refractivity contribution in [2.45, 2.75) is 51.4 Å². The van der Waals surface area contributed by atoms with Crippen molar-refractivity contribution in [1.82, 2.24) is 10.2 Å². The second kappa shape index (κ2) is 8.57. The van der Waals surface area contributed by atoms with Crippen molar-refractivity contribution < 1.29 is 0 Å². The Morgan fingerprint density at radius 1 is 1.30 bits per heavy atom. The highest BCUT2D eigenvalue weighted by molar-refractivity contribution is 5.81. The average molecular weight is 312 g/mol. The predicted octanol–water partition coefficient (Wildman–Crippen LogP) is 3.66. The Bertz CT molecular complexity index is 540. The molecule has 23 heavy (non-hydrogen) atoms. The summed E-state index contributed by atoms with van der Waals surface area (Å²) in [4.78, 5) is 6.99. The zero-order valence-electron chi connectivity index (χ0n) is 14.4. The summed E-state index contributed by atoms with van der Waals surface area (Å²) < 4.78 is 0. The summed E-state index contributed by atoms with van der Waals surface area (Å²) in [7, 11) is 0. The maximum Gasteiger partial charge on any atom is 0.207 e. The van der Waals surface area contributed by atoms with E-state index in [4.69, 9.17) is 10.3 Å². The molecule has 1 saturated heterocycles. The van der Waals surface area contributed by atoms with Gasteiger partial charge in [0.2, 0.25) is 5.96 Å². The van der Waals surface area contributed by atoms with Gasteiger partial charge in [-0.05, 0) is 24.8 Å². The molecule has 0 saturated carbocycles. The molecule has 4 heteroatoms. The first-order chi connectivity index (χ1) is 11.2. The predicted molar refractivity (Wildman–Crippen MR) is 95.2 cm³/mol. The van der Waals surface area contributed by atoms with Gasteiger partial charge in [0.25, 0.3) is 0 Å². The lowest BCUT2D eigenvalue weighted by molar-refractivity contribution is 0.421. The Kier molecular flexibility index (Phi) is 6.46. The molecule has 1 N–H and O–H groups in total. The van der Waals surface area contributed by atoms with Gasteiger partial charge in [-0.3, -0.25) is 10.3 Å². The number of unbranched alkanes of at least 4 members (excludes halogenated alkanes) is 1. The summed E-state index contributed by atoms with van der Waals surface area (Å²) >= 11 is 0. The molecule has 1 heterocycles. The molecule has 0 bridgehead atoms. The number of aliphatic imine (C=N–C) groups is 1. The summed E-state index contributed by atoms with van der Waals surface area (Å²) in [5, 5.41) is 11.8. The van der Waals surface area contributed by atoms with E-state index in [9.17, 15) is 0 Å². The summed E-state index contributed by atoms with van der Waals surface area (Å²) in [5.41, 5.74) is 1.34. The lowest BCUT2D eigenvalue weighted by atomic mass is 9.78. The highest BCUT2D eigenvalue weighted by Crippen LogP contribution is 2.30. The quantitative estimate of drug-likeness (QED) is 0.377. The molecule has 1 fully saturated rings. The molecule has 4 nitrogen and oxygen atoms in total. The van der Waals surface area contributed by atoms with Crippen molar-refractivity contribution in [2.75, 3.05) is 19.6 Å². The topological polar surface area (TPSA) is 51.4 Å². The fourth-order valence-electron chi connectivity index (χ4n) is 3.17. The van der Waals surface area contributed by atoms with E-state index in [0.717, 1.165) is 25.5 Å². The van der Waals surface area contributed by atoms with E-state index >= 15 is 0 Å². The lowest BCUT2D eigenvalue weighted by Crippen LogP contribution is -2.38. The number of guanidine groups is 1. The van der Waals surface area contributed by atoms with Gasteiger partial charge in [0, 0.05) is 18.5 Å². The summed E-state index contributed by atoms with van der Waals surface area (Å²) in [6.45, 7) is 7.20. The third kappa shape index (κ3) is 4.72. The number of nitrogens with zero attached hydrogens (tertiary/aromatic N) is 3. The fourth-order valence-corrected chi connectivity index (χ4v) is 3.17. The monoisotopic (exact) mass is 312 g/mol. The Labute approximate surface area is 140 Å². The molecule has 0 spiro atoms. The third-order valence-corrected chi connectivity index (χ3v) is 4.70. The van der Waals surface area contributed by atoms with E-state index < -0.39 is 0 Å². The largest absolute Gasteiger partial charge is 0.342 e. The molecular formula is C19H28N4. The van der Waals surface area contributed by atoms with Crippen LogP contribution >= 0.6 is 0 Å². The third-order valence-electron chi connectivity index (χ3n) is 4.70. The SMILES string of the molecule is CCCCC(C)(CN=C(NC#N)N1CCCC1)c1ccccc1. The molecule has 124 valence electrons. The van der Waals surface area contributed by atoms with Crippen LogP contribution in [0.25, 0.3) is 0 Å². The molecule has 0 aromatic heterocycles. The molecule has 1 aromatic carbocycles. The van der Waals surface area contributed by atoms with Gasteiger partial charge >= 0.3 is 0 Å². The van der Waals surface area contributed by atoms with Crippen molar-refractivity contribution in [1.29, 1.82) is 5.26 Å². The average Bonchev–Trinajstić information content (AvgIpc) is 3.12. The van der Waals surface area contributed by atoms with Crippen molar-refractivity contribution in [3.05, 3.63) is 35.9 Å². The molecule has 0 amide bonds. The van der Waals surface area contributed by atoms with Crippen molar-refractivity contribution in [2.24, 2.45) is 4.99 Å². The van der Waals surface area contributed by atoms with Gasteiger partial charge in [0.1, 0.15) is 0 Å². The van der Waals surface area contributed by atoms with Crippen LogP contribution in [0.3, 0.4) is 0 Å². The minimum absolute atomic E-state index is 0.0133. The van der Waals surface area contributed by atoms with Crippen LogP contribution in [-0.2, 0) is 5.41 Å². The summed E-state index contributed by atoms with van der Waals surface area (Å²) in [5.74, 6) is 0.739. The molecular weight excluding hydrogens is 284 g/mol. The van der Waals surface area contributed by atoms with Crippen molar-refractivity contribution in [3.63, 3.8) is 0 Å². The van der Waals surface area contributed by atoms with Crippen LogP contribution in [-0.4, -0.2) is 30.5 Å². The number of benzene rings is 1. The first-order valence-electron chi connectivity index (χ1n) is 8.69. The molecule has 1 aliphatic rings. The first-order valence-corrected chi connectivity index (χ1v) is 8.69. The van der Waals surface area contributed by atoms with Crippen molar-refractivity contribution in [3.8, 4) is 6.19 Å². The number of hydrogen-bond acceptors (Lipinski definition) is 2. The number of hydrogen-bond donors (Lipinski definition) is 1. The van der Waals surface area contributed by atoms with Crippen LogP contribution < -0.4 is 5.32 Å². The van der Waals surface area contributed by atoms with Gasteiger partial charge < -0.3 is 4.90 Å². The number of likely N-dealkylation sites (tertiary alicyclic amines) is 1. The minimum Gasteiger partial charge on any atom is -0.342 e. The van der Waals surface area contributed by atoms with Crippen LogP contribution in [0.15, 0.2) is 35.3 Å². The van der Waals surface area contributed by atoms with E-state index in [1.165, 1.54) is 31.2 Å². The smallest absolute Gasteiger partial charge is 0.207 e. The van der Waals surface area contributed by atoms with Gasteiger partial charge in [-0.1, -0.05) is 57.0 Å². The van der Waals surface area contributed by atoms with Crippen LogP contribution in [0.4, 0.5) is 0 Å². The summed E-state index contributed by atoms with van der Waals surface area (Å²) in [6, 6.07) is 10.6. The first kappa shape index (κ1) is 17.3. The van der Waals surface area contributed by atoms with Crippen LogP contribution in [0, 0.1) is 11.5 Å². The van der Waals surface area contributed by atoms with Gasteiger partial charge in [0.15, 0.2) is 6.19 Å². The van der Waals surface area contributed by atoms with Gasteiger partial charge in [-0.15, -0.1) is 0 Å². The van der Waals surface area contributed by atoms with Crippen molar-refractivity contribution >= 4 is 5.96 Å². The number of rotatable bonds is 6. The van der Waals surface area contributed by atoms with E-state index in [-0.39, 0.29) is 5.41 Å². The van der Waals surface area contributed by atoms with E-state index in [0.29, 0.717) is 6.54 Å². The molecule has 1 aromatic rings. The van der Waals surface area contributed by atoms with Crippen LogP contribution in [0.5, 0.6) is 0 Å². The lowest BCUT2D eigenvalue weighted by Gasteiger charge is -2.29. The Hall–Kier alpha value is -2.02. The molecule has 1 aliphatic heterocycles. The minimum atomic E-state index is 0.0133. The molecule has 0 aliphatic carbocycles. The van der Waals surface area contributed by atoms with E-state index in [1.807, 2.05) is 6.19 Å². The van der Waals surface area contributed by atoms with Gasteiger partial charge in [0.05, 0.1) is 6.54 Å². The highest BCUT2D eigenvalue weighted by Gasteiger charge is 2.26. The fraction of sp³-hybridized carbons (Fsp3) is 0.579. The molecule has 2 rings (SSSR count). The van der Waals surface area contributed by atoms with Crippen LogP contribution in [0.2, 0.25) is 0 Å². The zero-order valence-corrected chi connectivity index (χ0v) is 14.4. The maximum atomic E-state index is 9.02. The Balaban J connectivity index is 2.18. The standard InChI is InChI=1S/C19H28N4/c1-3-4-12-19(2,17-10-6-5-7-11-17)15-21-18(22-16-20)23-13-8-9-14-23/h5-7,10-11H,3-4,8-9,12-15H2,1-2H3,(H,21,22). The highest BCUT2D eigenvalue weighted by atomic mass is 15.3. The molecule has 1 atom stereocenters. The number of nitriles is 1. The van der Waals surface area contributed by atoms with E-state index in [2.05, 4.69) is 54.4 Å². The maximum absolute atomic E-state index is 9.02. The Morgan fingerprint density at radius 3 is 2.61 bits per heavy atom. The molecule has 1 unspecified atom stereocenters. The summed E-state index contributed by atoms with van der Waals surface area (Å²) in [6.07, 6.45) is 7.87. The molecule has 0 radical (unpaired) electrons. The Morgan fingerprint density at radius 2 is 2.00 bits per heavy atom. The van der Waals surface area contributed by atoms with Gasteiger partial charge in [-0.25, -0.2) is 0 Å². The van der Waals surface area contributed by atoms with E-state index in [1.54, 1.807) is 0 Å².